The molecule has 3 amide bonds. The van der Waals surface area contributed by atoms with Gasteiger partial charge in [-0.05, 0) is 76.9 Å². The van der Waals surface area contributed by atoms with Gasteiger partial charge in [0.25, 0.3) is 23.4 Å². The van der Waals surface area contributed by atoms with Gasteiger partial charge < -0.3 is 4.74 Å². The van der Waals surface area contributed by atoms with Crippen molar-refractivity contribution in [3.8, 4) is 5.75 Å². The van der Waals surface area contributed by atoms with Gasteiger partial charge in [0.2, 0.25) is 0 Å². The number of imide groups is 1. The molecule has 5 aromatic carbocycles. The Labute approximate surface area is 311 Å². The number of ether oxygens (including phenoxy) is 1. The number of nitro groups is 1. The summed E-state index contributed by atoms with van der Waals surface area (Å²) in [6.45, 7) is -0.721. The van der Waals surface area contributed by atoms with Gasteiger partial charge in [-0.3, -0.25) is 29.3 Å². The molecule has 11 nitrogen and oxygen atoms in total. The van der Waals surface area contributed by atoms with E-state index in [1.54, 1.807) is 0 Å². The number of non-ortho nitro benzene ring substituents is 1. The fourth-order valence-electron chi connectivity index (χ4n) is 7.76. The van der Waals surface area contributed by atoms with Crippen molar-refractivity contribution in [2.24, 2.45) is 11.8 Å². The van der Waals surface area contributed by atoms with E-state index in [0.29, 0.717) is 5.02 Å². The highest BCUT2D eigenvalue weighted by Gasteiger charge is 2.63. The Morgan fingerprint density at radius 2 is 1.23 bits per heavy atom. The fraction of sp³-hybridized carbons (Fsp3) is 0.125. The maximum absolute atomic E-state index is 14.6. The Kier molecular flexibility index (Phi) is 8.39. The van der Waals surface area contributed by atoms with Crippen molar-refractivity contribution in [3.05, 3.63) is 174 Å². The van der Waals surface area contributed by atoms with Crippen LogP contribution >= 0.6 is 23.2 Å². The average Bonchev–Trinajstić information content (AvgIpc) is 3.43. The van der Waals surface area contributed by atoms with Gasteiger partial charge in [-0.25, -0.2) is 9.80 Å². The Balaban J connectivity index is 1.12. The third-order valence-corrected chi connectivity index (χ3v) is 10.6. The molecular formula is C40H25Cl2N3O8. The number of benzene rings is 5. The number of halogens is 2. The number of esters is 1. The number of hydrazine groups is 1. The molecule has 1 aliphatic heterocycles. The zero-order valence-corrected chi connectivity index (χ0v) is 28.9. The monoisotopic (exact) mass is 745 g/mol. The third kappa shape index (κ3) is 5.65. The molecule has 0 radical (unpaired) electrons. The Hall–Kier alpha value is -6.17. The maximum Gasteiger partial charge on any atom is 0.345 e. The summed E-state index contributed by atoms with van der Waals surface area (Å²) in [7, 11) is 0. The molecule has 0 saturated carbocycles. The highest BCUT2D eigenvalue weighted by atomic mass is 35.5. The van der Waals surface area contributed by atoms with Crippen LogP contribution in [0, 0.1) is 22.0 Å². The molecular weight excluding hydrogens is 721 g/mol. The van der Waals surface area contributed by atoms with Gasteiger partial charge in [0.15, 0.2) is 5.78 Å². The standard InChI is InChI=1S/C40H25Cl2N3O8/c41-23-13-18-30(31(42)19-23)40(50)53-25-16-11-21(12-17-25)32(46)20-43(37(47)22-9-14-24(15-10-22)45(51)52)44-38(48)35-33-26-5-1-2-6-27(26)34(36(35)39(44)49)29-8-4-3-7-28(29)33/h1-19,33-36H,20H2/t33?,34?,35-,36-/m0/s1. The normalized spacial score (nSPS) is 19.2. The quantitative estimate of drug-likeness (QED) is 0.0403. The summed E-state index contributed by atoms with van der Waals surface area (Å²) in [5.41, 5.74) is 3.57. The molecule has 2 atom stereocenters. The van der Waals surface area contributed by atoms with Crippen LogP contribution in [0.5, 0.6) is 5.75 Å². The van der Waals surface area contributed by atoms with Crippen molar-refractivity contribution < 1.29 is 33.6 Å². The number of nitrogens with zero attached hydrogens (tertiary/aromatic N) is 3. The number of amides is 3. The minimum absolute atomic E-state index is 0.0727. The summed E-state index contributed by atoms with van der Waals surface area (Å²) in [6.07, 6.45) is 0. The van der Waals surface area contributed by atoms with Gasteiger partial charge in [0, 0.05) is 40.1 Å². The molecule has 1 saturated heterocycles. The minimum atomic E-state index is -0.874. The molecule has 262 valence electrons. The van der Waals surface area contributed by atoms with Crippen molar-refractivity contribution in [2.75, 3.05) is 6.54 Å². The molecule has 4 aliphatic rings. The number of hydrogen-bond donors (Lipinski definition) is 0. The number of hydrogen-bond acceptors (Lipinski definition) is 8. The molecule has 3 aliphatic carbocycles. The number of nitro benzene ring substituents is 1. The molecule has 0 N–H and O–H groups in total. The topological polar surface area (TPSA) is 144 Å². The van der Waals surface area contributed by atoms with Crippen LogP contribution < -0.4 is 4.74 Å². The van der Waals surface area contributed by atoms with E-state index in [-0.39, 0.29) is 33.1 Å². The Morgan fingerprint density at radius 3 is 1.72 bits per heavy atom. The van der Waals surface area contributed by atoms with E-state index in [9.17, 15) is 34.1 Å². The van der Waals surface area contributed by atoms with E-state index < -0.39 is 64.6 Å². The molecule has 0 unspecified atom stereocenters. The number of carbonyl (C=O) groups excluding carboxylic acids is 5. The van der Waals surface area contributed by atoms with E-state index in [1.807, 2.05) is 48.5 Å². The Bertz CT molecular complexity index is 2280. The lowest BCUT2D eigenvalue weighted by atomic mass is 9.55. The number of ketones is 1. The van der Waals surface area contributed by atoms with E-state index in [0.717, 1.165) is 44.4 Å². The molecule has 5 aromatic rings. The Morgan fingerprint density at radius 1 is 0.717 bits per heavy atom. The lowest BCUT2D eigenvalue weighted by Gasteiger charge is -2.45. The number of rotatable bonds is 8. The predicted molar refractivity (Wildman–Crippen MR) is 192 cm³/mol. The average molecular weight is 747 g/mol. The summed E-state index contributed by atoms with van der Waals surface area (Å²) in [5.74, 6) is -5.98. The lowest BCUT2D eigenvalue weighted by Crippen LogP contribution is -2.52. The molecule has 2 bridgehead atoms. The minimum Gasteiger partial charge on any atom is -0.423 e. The second-order valence-corrected chi connectivity index (χ2v) is 13.7. The van der Waals surface area contributed by atoms with Crippen LogP contribution in [0.4, 0.5) is 5.69 Å². The van der Waals surface area contributed by atoms with E-state index in [1.165, 1.54) is 54.6 Å². The highest BCUT2D eigenvalue weighted by Crippen LogP contribution is 2.61. The van der Waals surface area contributed by atoms with Crippen LogP contribution in [0.3, 0.4) is 0 Å². The SMILES string of the molecule is O=C(CN(C(=O)c1ccc([N+](=O)[O-])cc1)N1C(=O)[C@H]2C3c4ccccc4C(c4ccccc43)[C@@H]2C1=O)c1ccc(OC(=O)c2ccc(Cl)cc2Cl)cc1. The first-order chi connectivity index (χ1) is 25.5. The molecule has 9 rings (SSSR count). The van der Waals surface area contributed by atoms with Crippen LogP contribution in [0.2, 0.25) is 10.0 Å². The van der Waals surface area contributed by atoms with Gasteiger partial charge in [-0.15, -0.1) is 0 Å². The molecule has 0 aromatic heterocycles. The summed E-state index contributed by atoms with van der Waals surface area (Å²) < 4.78 is 5.41. The van der Waals surface area contributed by atoms with Crippen molar-refractivity contribution in [1.29, 1.82) is 0 Å². The fourth-order valence-corrected chi connectivity index (χ4v) is 8.25. The first-order valence-electron chi connectivity index (χ1n) is 16.5. The van der Waals surface area contributed by atoms with Crippen LogP contribution in [-0.2, 0) is 9.59 Å². The molecule has 1 fully saturated rings. The van der Waals surface area contributed by atoms with Crippen molar-refractivity contribution >= 4 is 58.4 Å². The molecule has 13 heteroatoms. The highest BCUT2D eigenvalue weighted by molar-refractivity contribution is 6.36. The molecule has 0 spiro atoms. The van der Waals surface area contributed by atoms with Gasteiger partial charge in [0.1, 0.15) is 12.3 Å². The smallest absolute Gasteiger partial charge is 0.345 e. The third-order valence-electron chi connectivity index (χ3n) is 10.1. The van der Waals surface area contributed by atoms with E-state index in [2.05, 4.69) is 0 Å². The van der Waals surface area contributed by atoms with Crippen molar-refractivity contribution in [1.82, 2.24) is 10.0 Å². The predicted octanol–water partition coefficient (Wildman–Crippen LogP) is 7.25. The number of Topliss-reactive ketones (excluding diaryl/α,β-unsaturated/α-hetero) is 1. The zero-order chi connectivity index (χ0) is 37.1. The second kappa shape index (κ2) is 13.1. The van der Waals surface area contributed by atoms with E-state index in [4.69, 9.17) is 27.9 Å². The first kappa shape index (κ1) is 33.9. The lowest BCUT2D eigenvalue weighted by molar-refractivity contribution is -0.384. The summed E-state index contributed by atoms with van der Waals surface area (Å²) >= 11 is 12.1. The van der Waals surface area contributed by atoms with Crippen molar-refractivity contribution in [3.63, 3.8) is 0 Å². The molecule has 1 heterocycles. The maximum atomic E-state index is 14.6. The summed E-state index contributed by atoms with van der Waals surface area (Å²) in [6, 6.07) is 29.9. The first-order valence-corrected chi connectivity index (χ1v) is 17.2. The summed E-state index contributed by atoms with van der Waals surface area (Å²) in [4.78, 5) is 80.6. The van der Waals surface area contributed by atoms with Gasteiger partial charge in [0.05, 0.1) is 27.3 Å². The van der Waals surface area contributed by atoms with Crippen LogP contribution in [0.15, 0.2) is 115 Å². The largest absolute Gasteiger partial charge is 0.423 e. The van der Waals surface area contributed by atoms with E-state index >= 15 is 0 Å². The van der Waals surface area contributed by atoms with Gasteiger partial charge in [-0.1, -0.05) is 71.7 Å². The number of carbonyl (C=O) groups is 5. The second-order valence-electron chi connectivity index (χ2n) is 12.9. The van der Waals surface area contributed by atoms with Gasteiger partial charge >= 0.3 is 5.97 Å². The van der Waals surface area contributed by atoms with Crippen LogP contribution in [0.25, 0.3) is 0 Å². The molecule has 53 heavy (non-hydrogen) atoms. The van der Waals surface area contributed by atoms with Gasteiger partial charge in [-0.2, -0.15) is 5.01 Å². The van der Waals surface area contributed by atoms with Crippen LogP contribution in [-0.4, -0.2) is 51.0 Å². The zero-order valence-electron chi connectivity index (χ0n) is 27.3. The van der Waals surface area contributed by atoms with Crippen LogP contribution in [0.1, 0.15) is 65.2 Å². The van der Waals surface area contributed by atoms with Crippen molar-refractivity contribution in [2.45, 2.75) is 11.8 Å². The summed E-state index contributed by atoms with van der Waals surface area (Å²) in [5, 5.41) is 13.4.